The van der Waals surface area contributed by atoms with E-state index in [0.29, 0.717) is 16.6 Å². The van der Waals surface area contributed by atoms with E-state index >= 15 is 0 Å². The molecule has 4 heteroatoms. The number of nitrogens with two attached hydrogens (primary N) is 1. The summed E-state index contributed by atoms with van der Waals surface area (Å²) in [4.78, 5) is 2.47. The summed E-state index contributed by atoms with van der Waals surface area (Å²) >= 11 is 12.2. The third-order valence-electron chi connectivity index (χ3n) is 3.53. The molecule has 0 saturated carbocycles. The molecule has 1 aromatic rings. The highest BCUT2D eigenvalue weighted by Crippen LogP contribution is 2.27. The molecule has 1 unspecified atom stereocenters. The average molecular weight is 317 g/mol. The summed E-state index contributed by atoms with van der Waals surface area (Å²) in [5.41, 5.74) is 7.14. The standard InChI is InChI=1S/C16H26Cl2N2/c1-3-5-7-20(8-6-4-2)16(12-19)13-9-14(17)11-15(18)10-13/h9-11,16H,3-8,12,19H2,1-2H3. The van der Waals surface area contributed by atoms with Gasteiger partial charge in [0.05, 0.1) is 0 Å². The van der Waals surface area contributed by atoms with Crippen molar-refractivity contribution in [2.75, 3.05) is 19.6 Å². The highest BCUT2D eigenvalue weighted by Gasteiger charge is 2.19. The van der Waals surface area contributed by atoms with Crippen LogP contribution in [0.15, 0.2) is 18.2 Å². The third kappa shape index (κ3) is 5.61. The van der Waals surface area contributed by atoms with E-state index in [9.17, 15) is 0 Å². The first kappa shape index (κ1) is 17.8. The molecule has 0 aliphatic rings. The number of unbranched alkanes of at least 4 members (excludes halogenated alkanes) is 2. The van der Waals surface area contributed by atoms with E-state index < -0.39 is 0 Å². The first-order valence-corrected chi connectivity index (χ1v) is 8.28. The van der Waals surface area contributed by atoms with Crippen molar-refractivity contribution in [2.45, 2.75) is 45.6 Å². The summed E-state index contributed by atoms with van der Waals surface area (Å²) in [7, 11) is 0. The monoisotopic (exact) mass is 316 g/mol. The molecule has 0 amide bonds. The topological polar surface area (TPSA) is 29.3 Å². The third-order valence-corrected chi connectivity index (χ3v) is 3.97. The minimum absolute atomic E-state index is 0.198. The van der Waals surface area contributed by atoms with Gasteiger partial charge in [0.25, 0.3) is 0 Å². The van der Waals surface area contributed by atoms with Gasteiger partial charge in [-0.1, -0.05) is 49.9 Å². The Hall–Kier alpha value is -0.280. The molecule has 20 heavy (non-hydrogen) atoms. The molecule has 0 bridgehead atoms. The molecular weight excluding hydrogens is 291 g/mol. The molecule has 114 valence electrons. The second-order valence-corrected chi connectivity index (χ2v) is 6.07. The van der Waals surface area contributed by atoms with Crippen molar-refractivity contribution in [3.05, 3.63) is 33.8 Å². The highest BCUT2D eigenvalue weighted by molar-refractivity contribution is 6.34. The fourth-order valence-corrected chi connectivity index (χ4v) is 2.95. The second-order valence-electron chi connectivity index (χ2n) is 5.20. The Balaban J connectivity index is 2.91. The number of benzene rings is 1. The van der Waals surface area contributed by atoms with Crippen LogP contribution in [0.25, 0.3) is 0 Å². The van der Waals surface area contributed by atoms with Crippen LogP contribution in [0, 0.1) is 0 Å². The summed E-state index contributed by atoms with van der Waals surface area (Å²) in [5.74, 6) is 0. The number of hydrogen-bond acceptors (Lipinski definition) is 2. The van der Waals surface area contributed by atoms with Gasteiger partial charge < -0.3 is 5.73 Å². The lowest BCUT2D eigenvalue weighted by Gasteiger charge is -2.31. The maximum atomic E-state index is 6.12. The number of rotatable bonds is 9. The van der Waals surface area contributed by atoms with E-state index in [2.05, 4.69) is 18.7 Å². The summed E-state index contributed by atoms with van der Waals surface area (Å²) in [6.07, 6.45) is 4.76. The SMILES string of the molecule is CCCCN(CCCC)C(CN)c1cc(Cl)cc(Cl)c1. The zero-order valence-electron chi connectivity index (χ0n) is 12.5. The van der Waals surface area contributed by atoms with E-state index in [1.165, 1.54) is 25.7 Å². The highest BCUT2D eigenvalue weighted by atomic mass is 35.5. The predicted molar refractivity (Wildman–Crippen MR) is 89.6 cm³/mol. The van der Waals surface area contributed by atoms with Gasteiger partial charge in [0, 0.05) is 22.6 Å². The first-order valence-electron chi connectivity index (χ1n) is 7.52. The van der Waals surface area contributed by atoms with E-state index in [-0.39, 0.29) is 6.04 Å². The van der Waals surface area contributed by atoms with Crippen LogP contribution >= 0.6 is 23.2 Å². The van der Waals surface area contributed by atoms with Crippen LogP contribution in [0.4, 0.5) is 0 Å². The minimum Gasteiger partial charge on any atom is -0.329 e. The van der Waals surface area contributed by atoms with E-state index in [4.69, 9.17) is 28.9 Å². The Labute approximate surface area is 133 Å². The van der Waals surface area contributed by atoms with E-state index in [1.807, 2.05) is 12.1 Å². The van der Waals surface area contributed by atoms with E-state index in [0.717, 1.165) is 18.7 Å². The van der Waals surface area contributed by atoms with Crippen molar-refractivity contribution in [1.82, 2.24) is 4.90 Å². The molecule has 0 spiro atoms. The predicted octanol–water partition coefficient (Wildman–Crippen LogP) is 4.90. The van der Waals surface area contributed by atoms with Gasteiger partial charge in [-0.05, 0) is 49.7 Å². The largest absolute Gasteiger partial charge is 0.329 e. The van der Waals surface area contributed by atoms with Crippen molar-refractivity contribution < 1.29 is 0 Å². The minimum atomic E-state index is 0.198. The molecule has 0 saturated heterocycles. The molecule has 0 aliphatic carbocycles. The summed E-state index contributed by atoms with van der Waals surface area (Å²) in [5, 5.41) is 1.36. The summed E-state index contributed by atoms with van der Waals surface area (Å²) in [6, 6.07) is 5.93. The van der Waals surface area contributed by atoms with Gasteiger partial charge in [0.2, 0.25) is 0 Å². The van der Waals surface area contributed by atoms with Crippen molar-refractivity contribution in [3.8, 4) is 0 Å². The fourth-order valence-electron chi connectivity index (χ4n) is 2.41. The molecule has 0 fully saturated rings. The van der Waals surface area contributed by atoms with Crippen LogP contribution in [-0.4, -0.2) is 24.5 Å². The number of hydrogen-bond donors (Lipinski definition) is 1. The Morgan fingerprint density at radius 2 is 1.50 bits per heavy atom. The maximum Gasteiger partial charge on any atom is 0.0471 e. The number of nitrogens with zero attached hydrogens (tertiary/aromatic N) is 1. The maximum absolute atomic E-state index is 6.12. The van der Waals surface area contributed by atoms with Crippen LogP contribution in [0.1, 0.15) is 51.1 Å². The molecule has 0 radical (unpaired) electrons. The Morgan fingerprint density at radius 3 is 1.90 bits per heavy atom. The Kier molecular flexibility index (Phi) is 8.55. The van der Waals surface area contributed by atoms with Crippen LogP contribution in [0.3, 0.4) is 0 Å². The van der Waals surface area contributed by atoms with Gasteiger partial charge in [-0.15, -0.1) is 0 Å². The normalized spacial score (nSPS) is 12.9. The lowest BCUT2D eigenvalue weighted by Crippen LogP contribution is -2.35. The van der Waals surface area contributed by atoms with Gasteiger partial charge in [0.15, 0.2) is 0 Å². The molecule has 0 aromatic heterocycles. The van der Waals surface area contributed by atoms with Gasteiger partial charge in [-0.25, -0.2) is 0 Å². The molecule has 1 rings (SSSR count). The lowest BCUT2D eigenvalue weighted by molar-refractivity contribution is 0.195. The molecule has 0 heterocycles. The van der Waals surface area contributed by atoms with Crippen LogP contribution in [-0.2, 0) is 0 Å². The second kappa shape index (κ2) is 9.62. The molecule has 1 atom stereocenters. The molecule has 2 nitrogen and oxygen atoms in total. The van der Waals surface area contributed by atoms with Gasteiger partial charge in [0.1, 0.15) is 0 Å². The van der Waals surface area contributed by atoms with Crippen molar-refractivity contribution in [3.63, 3.8) is 0 Å². The van der Waals surface area contributed by atoms with Crippen LogP contribution in [0.2, 0.25) is 10.0 Å². The van der Waals surface area contributed by atoms with Gasteiger partial charge in [-0.3, -0.25) is 4.90 Å². The zero-order chi connectivity index (χ0) is 15.0. The van der Waals surface area contributed by atoms with E-state index in [1.54, 1.807) is 6.07 Å². The molecule has 0 aliphatic heterocycles. The fraction of sp³-hybridized carbons (Fsp3) is 0.625. The van der Waals surface area contributed by atoms with Crippen molar-refractivity contribution >= 4 is 23.2 Å². The quantitative estimate of drug-likeness (QED) is 0.702. The van der Waals surface area contributed by atoms with Gasteiger partial charge >= 0.3 is 0 Å². The van der Waals surface area contributed by atoms with Crippen molar-refractivity contribution in [2.24, 2.45) is 5.73 Å². The van der Waals surface area contributed by atoms with Crippen LogP contribution in [0.5, 0.6) is 0 Å². The molecular formula is C16H26Cl2N2. The lowest BCUT2D eigenvalue weighted by atomic mass is 10.0. The Morgan fingerprint density at radius 1 is 1.00 bits per heavy atom. The van der Waals surface area contributed by atoms with Gasteiger partial charge in [-0.2, -0.15) is 0 Å². The Bertz CT molecular complexity index is 368. The first-order chi connectivity index (χ1) is 9.62. The number of halogens is 2. The van der Waals surface area contributed by atoms with Crippen LogP contribution < -0.4 is 5.73 Å². The summed E-state index contributed by atoms with van der Waals surface area (Å²) < 4.78 is 0. The average Bonchev–Trinajstić information content (AvgIpc) is 2.40. The molecule has 2 N–H and O–H groups in total. The summed E-state index contributed by atoms with van der Waals surface area (Å²) in [6.45, 7) is 7.16. The smallest absolute Gasteiger partial charge is 0.0471 e. The molecule has 1 aromatic carbocycles. The van der Waals surface area contributed by atoms with Crippen molar-refractivity contribution in [1.29, 1.82) is 0 Å². The zero-order valence-corrected chi connectivity index (χ0v) is 14.1.